The van der Waals surface area contributed by atoms with E-state index in [-0.39, 0.29) is 22.5 Å². The van der Waals surface area contributed by atoms with Gasteiger partial charge in [-0.2, -0.15) is 0 Å². The molecule has 30 heavy (non-hydrogen) atoms. The van der Waals surface area contributed by atoms with Crippen molar-refractivity contribution in [3.8, 4) is 5.75 Å². The number of phenols is 1. The van der Waals surface area contributed by atoms with Gasteiger partial charge >= 0.3 is 5.69 Å². The van der Waals surface area contributed by atoms with Gasteiger partial charge in [0, 0.05) is 17.3 Å². The molecular weight excluding hydrogens is 414 g/mol. The molecule has 1 heterocycles. The van der Waals surface area contributed by atoms with Crippen molar-refractivity contribution in [3.05, 3.63) is 82.3 Å². The molecule has 3 rings (SSSR count). The third-order valence-corrected chi connectivity index (χ3v) is 5.55. The van der Waals surface area contributed by atoms with Crippen LogP contribution in [-0.4, -0.2) is 24.4 Å². The molecule has 10 nitrogen and oxygen atoms in total. The first-order chi connectivity index (χ1) is 14.2. The number of anilines is 1. The Balaban J connectivity index is 1.72. The lowest BCUT2D eigenvalue weighted by atomic mass is 10.1. The minimum atomic E-state index is -4.15. The summed E-state index contributed by atoms with van der Waals surface area (Å²) < 4.78 is 32.5. The molecule has 0 radical (unpaired) electrons. The highest BCUT2D eigenvalue weighted by Crippen LogP contribution is 2.29. The minimum absolute atomic E-state index is 0.154. The van der Waals surface area contributed by atoms with Gasteiger partial charge in [0.05, 0.1) is 22.1 Å². The van der Waals surface area contributed by atoms with Crippen molar-refractivity contribution in [1.29, 1.82) is 0 Å². The number of carbonyl (C=O) groups excluding carboxylic acids is 1. The molecule has 3 aromatic rings. The Labute approximate surface area is 171 Å². The van der Waals surface area contributed by atoms with Gasteiger partial charge in [-0.1, -0.05) is 0 Å². The van der Waals surface area contributed by atoms with Crippen LogP contribution in [0.1, 0.15) is 29.1 Å². The van der Waals surface area contributed by atoms with E-state index in [1.54, 1.807) is 19.1 Å². The van der Waals surface area contributed by atoms with Crippen molar-refractivity contribution < 1.29 is 27.7 Å². The Morgan fingerprint density at radius 2 is 1.87 bits per heavy atom. The average Bonchev–Trinajstić information content (AvgIpc) is 3.23. The molecule has 0 saturated carbocycles. The van der Waals surface area contributed by atoms with Crippen molar-refractivity contribution in [2.75, 3.05) is 4.72 Å². The van der Waals surface area contributed by atoms with Crippen molar-refractivity contribution in [1.82, 2.24) is 5.32 Å². The summed E-state index contributed by atoms with van der Waals surface area (Å²) in [5.41, 5.74) is -0.270. The van der Waals surface area contributed by atoms with E-state index in [1.807, 2.05) is 0 Å². The molecule has 0 saturated heterocycles. The topological polar surface area (TPSA) is 152 Å². The second kappa shape index (κ2) is 8.25. The van der Waals surface area contributed by atoms with Gasteiger partial charge in [0.15, 0.2) is 5.75 Å². The SMILES string of the molecule is CC(NC(=O)c1ccc(NS(=O)(=O)c2ccc(O)c([N+](=O)[O-])c2)cc1)c1ccco1. The van der Waals surface area contributed by atoms with E-state index < -0.39 is 26.4 Å². The number of furan rings is 1. The normalized spacial score (nSPS) is 12.2. The predicted molar refractivity (Wildman–Crippen MR) is 107 cm³/mol. The number of amides is 1. The van der Waals surface area contributed by atoms with Crippen molar-refractivity contribution >= 4 is 27.3 Å². The first-order valence-electron chi connectivity index (χ1n) is 8.62. The maximum Gasteiger partial charge on any atom is 0.312 e. The maximum absolute atomic E-state index is 12.5. The molecule has 0 bridgehead atoms. The van der Waals surface area contributed by atoms with Crippen LogP contribution < -0.4 is 10.0 Å². The quantitative estimate of drug-likeness (QED) is 0.384. The fourth-order valence-electron chi connectivity index (χ4n) is 2.61. The summed E-state index contributed by atoms with van der Waals surface area (Å²) in [6.07, 6.45) is 1.50. The number of carbonyl (C=O) groups is 1. The summed E-state index contributed by atoms with van der Waals surface area (Å²) in [6.45, 7) is 1.76. The van der Waals surface area contributed by atoms with Gasteiger partial charge in [-0.25, -0.2) is 8.42 Å². The third kappa shape index (κ3) is 4.58. The van der Waals surface area contributed by atoms with E-state index in [0.29, 0.717) is 11.3 Å². The monoisotopic (exact) mass is 431 g/mol. The number of hydrogen-bond acceptors (Lipinski definition) is 7. The molecule has 0 aliphatic carbocycles. The lowest BCUT2D eigenvalue weighted by Crippen LogP contribution is -2.26. The second-order valence-electron chi connectivity index (χ2n) is 6.30. The molecule has 11 heteroatoms. The van der Waals surface area contributed by atoms with Crippen LogP contribution in [0, 0.1) is 10.1 Å². The average molecular weight is 431 g/mol. The maximum atomic E-state index is 12.5. The zero-order valence-corrected chi connectivity index (χ0v) is 16.4. The number of sulfonamides is 1. The Morgan fingerprint density at radius 3 is 2.47 bits per heavy atom. The minimum Gasteiger partial charge on any atom is -0.502 e. The highest BCUT2D eigenvalue weighted by Gasteiger charge is 2.21. The zero-order chi connectivity index (χ0) is 21.9. The van der Waals surface area contributed by atoms with Gasteiger partial charge in [-0.15, -0.1) is 0 Å². The number of nitro groups is 1. The van der Waals surface area contributed by atoms with Gasteiger partial charge in [0.25, 0.3) is 15.9 Å². The smallest absolute Gasteiger partial charge is 0.312 e. The number of nitrogens with one attached hydrogen (secondary N) is 2. The highest BCUT2D eigenvalue weighted by atomic mass is 32.2. The van der Waals surface area contributed by atoms with E-state index in [0.717, 1.165) is 18.2 Å². The van der Waals surface area contributed by atoms with Crippen LogP contribution >= 0.6 is 0 Å². The molecule has 0 fully saturated rings. The summed E-state index contributed by atoms with van der Waals surface area (Å²) in [7, 11) is -4.15. The lowest BCUT2D eigenvalue weighted by Gasteiger charge is -2.12. The summed E-state index contributed by atoms with van der Waals surface area (Å²) in [5.74, 6) is -0.420. The van der Waals surface area contributed by atoms with E-state index in [4.69, 9.17) is 4.42 Å². The van der Waals surface area contributed by atoms with E-state index in [2.05, 4.69) is 10.0 Å². The Kier molecular flexibility index (Phi) is 5.74. The summed E-state index contributed by atoms with van der Waals surface area (Å²) in [4.78, 5) is 21.9. The number of nitrogens with zero attached hydrogens (tertiary/aromatic N) is 1. The van der Waals surface area contributed by atoms with Crippen LogP contribution in [0.2, 0.25) is 0 Å². The summed E-state index contributed by atoms with van der Waals surface area (Å²) in [5, 5.41) is 23.1. The van der Waals surface area contributed by atoms with Gasteiger partial charge in [-0.3, -0.25) is 19.6 Å². The molecule has 2 aromatic carbocycles. The molecule has 1 unspecified atom stereocenters. The van der Waals surface area contributed by atoms with Gasteiger partial charge in [0.1, 0.15) is 5.76 Å². The lowest BCUT2D eigenvalue weighted by molar-refractivity contribution is -0.386. The molecule has 156 valence electrons. The second-order valence-corrected chi connectivity index (χ2v) is 7.98. The van der Waals surface area contributed by atoms with Crippen LogP contribution in [-0.2, 0) is 10.0 Å². The van der Waals surface area contributed by atoms with E-state index in [1.165, 1.54) is 30.5 Å². The van der Waals surface area contributed by atoms with Crippen LogP contribution in [0.5, 0.6) is 5.75 Å². The van der Waals surface area contributed by atoms with Crippen molar-refractivity contribution in [2.45, 2.75) is 17.9 Å². The summed E-state index contributed by atoms with van der Waals surface area (Å²) in [6, 6.07) is 11.5. The van der Waals surface area contributed by atoms with Gasteiger partial charge in [0.2, 0.25) is 0 Å². The Hall–Kier alpha value is -3.86. The van der Waals surface area contributed by atoms with E-state index >= 15 is 0 Å². The van der Waals surface area contributed by atoms with Gasteiger partial charge in [-0.05, 0) is 55.5 Å². The number of nitro benzene ring substituents is 1. The van der Waals surface area contributed by atoms with Crippen molar-refractivity contribution in [3.63, 3.8) is 0 Å². The van der Waals surface area contributed by atoms with Crippen LogP contribution in [0.15, 0.2) is 70.2 Å². The molecule has 1 amide bonds. The van der Waals surface area contributed by atoms with E-state index in [9.17, 15) is 28.4 Å². The number of benzene rings is 2. The highest BCUT2D eigenvalue weighted by molar-refractivity contribution is 7.92. The standard InChI is InChI=1S/C19H17N3O7S/c1-12(18-3-2-10-29-18)20-19(24)13-4-6-14(7-5-13)21-30(27,28)15-8-9-17(23)16(11-15)22(25)26/h2-12,21,23H,1H3,(H,20,24). The first-order valence-corrected chi connectivity index (χ1v) is 10.1. The number of aromatic hydroxyl groups is 1. The Morgan fingerprint density at radius 1 is 1.17 bits per heavy atom. The molecule has 0 spiro atoms. The number of phenolic OH excluding ortho intramolecular Hbond substituents is 1. The number of hydrogen-bond donors (Lipinski definition) is 3. The molecule has 1 aromatic heterocycles. The van der Waals surface area contributed by atoms with Crippen LogP contribution in [0.3, 0.4) is 0 Å². The first kappa shape index (κ1) is 20.9. The number of rotatable bonds is 7. The zero-order valence-electron chi connectivity index (χ0n) is 15.6. The fourth-order valence-corrected chi connectivity index (χ4v) is 3.69. The van der Waals surface area contributed by atoms with Gasteiger partial charge < -0.3 is 14.8 Å². The predicted octanol–water partition coefficient (Wildman–Crippen LogP) is 3.19. The largest absolute Gasteiger partial charge is 0.502 e. The van der Waals surface area contributed by atoms with Crippen LogP contribution in [0.25, 0.3) is 0 Å². The summed E-state index contributed by atoms with van der Waals surface area (Å²) >= 11 is 0. The van der Waals surface area contributed by atoms with Crippen molar-refractivity contribution in [2.24, 2.45) is 0 Å². The molecular formula is C19H17N3O7S. The fraction of sp³-hybridized carbons (Fsp3) is 0.105. The Bertz CT molecular complexity index is 1170. The van der Waals surface area contributed by atoms with Crippen LogP contribution in [0.4, 0.5) is 11.4 Å². The molecule has 3 N–H and O–H groups in total. The molecule has 1 atom stereocenters. The molecule has 0 aliphatic heterocycles. The molecule has 0 aliphatic rings. The third-order valence-electron chi connectivity index (χ3n) is 4.17.